The van der Waals surface area contributed by atoms with Gasteiger partial charge in [-0.05, 0) is 25.0 Å². The maximum atomic E-state index is 11.7. The van der Waals surface area contributed by atoms with Crippen LogP contribution in [0.4, 0.5) is 5.69 Å². The van der Waals surface area contributed by atoms with Crippen molar-refractivity contribution < 1.29 is 8.42 Å². The molecule has 1 aromatic rings. The summed E-state index contributed by atoms with van der Waals surface area (Å²) in [6.07, 6.45) is 0.746. The first-order valence-electron chi connectivity index (χ1n) is 5.58. The average Bonchev–Trinajstić information content (AvgIpc) is 2.26. The number of para-hydroxylation sites is 1. The first kappa shape index (κ1) is 14.0. The lowest BCUT2D eigenvalue weighted by Crippen LogP contribution is -2.31. The van der Waals surface area contributed by atoms with Gasteiger partial charge in [-0.15, -0.1) is 0 Å². The highest BCUT2D eigenvalue weighted by atomic mass is 32.2. The van der Waals surface area contributed by atoms with Crippen molar-refractivity contribution in [2.45, 2.75) is 26.3 Å². The van der Waals surface area contributed by atoms with Crippen molar-refractivity contribution in [2.24, 2.45) is 5.73 Å². The molecule has 0 aliphatic carbocycles. The summed E-state index contributed by atoms with van der Waals surface area (Å²) in [6, 6.07) is 6.88. The van der Waals surface area contributed by atoms with Crippen molar-refractivity contribution in [1.29, 1.82) is 0 Å². The summed E-state index contributed by atoms with van der Waals surface area (Å²) in [6.45, 7) is 4.13. The van der Waals surface area contributed by atoms with Crippen LogP contribution in [0.2, 0.25) is 0 Å². The third-order valence-electron chi connectivity index (χ3n) is 2.24. The van der Waals surface area contributed by atoms with Gasteiger partial charge in [0.2, 0.25) is 0 Å². The zero-order valence-electron chi connectivity index (χ0n) is 10.1. The largest absolute Gasteiger partial charge is 0.324 e. The van der Waals surface area contributed by atoms with Gasteiger partial charge in [0.15, 0.2) is 0 Å². The van der Waals surface area contributed by atoms with E-state index in [0.29, 0.717) is 12.2 Å². The zero-order chi connectivity index (χ0) is 12.9. The molecule has 1 rings (SSSR count). The molecule has 0 saturated heterocycles. The Morgan fingerprint density at radius 3 is 2.59 bits per heavy atom. The van der Waals surface area contributed by atoms with Crippen LogP contribution in [0.1, 0.15) is 31.9 Å². The summed E-state index contributed by atoms with van der Waals surface area (Å²) in [5.41, 5.74) is 7.07. The molecule has 1 unspecified atom stereocenters. The molecule has 0 amide bonds. The minimum absolute atomic E-state index is 0.222. The van der Waals surface area contributed by atoms with Gasteiger partial charge in [-0.1, -0.05) is 25.1 Å². The van der Waals surface area contributed by atoms with Crippen molar-refractivity contribution in [1.82, 2.24) is 4.72 Å². The number of hydrogen-bond acceptors (Lipinski definition) is 3. The van der Waals surface area contributed by atoms with Crippen LogP contribution >= 0.6 is 0 Å². The van der Waals surface area contributed by atoms with Gasteiger partial charge in [0.25, 0.3) is 10.2 Å². The number of rotatable bonds is 6. The Hall–Kier alpha value is -1.11. The number of nitrogens with two attached hydrogens (primary N) is 1. The van der Waals surface area contributed by atoms with E-state index in [9.17, 15) is 8.42 Å². The molecule has 0 radical (unpaired) electrons. The molecule has 17 heavy (non-hydrogen) atoms. The molecule has 96 valence electrons. The fraction of sp³-hybridized carbons (Fsp3) is 0.455. The van der Waals surface area contributed by atoms with Crippen LogP contribution in [0.15, 0.2) is 24.3 Å². The van der Waals surface area contributed by atoms with Crippen molar-refractivity contribution >= 4 is 15.9 Å². The van der Waals surface area contributed by atoms with Crippen molar-refractivity contribution in [3.8, 4) is 0 Å². The Kier molecular flexibility index (Phi) is 4.92. The molecule has 5 nitrogen and oxygen atoms in total. The quantitative estimate of drug-likeness (QED) is 0.719. The summed E-state index contributed by atoms with van der Waals surface area (Å²) in [7, 11) is -3.51. The van der Waals surface area contributed by atoms with E-state index in [1.54, 1.807) is 12.1 Å². The van der Waals surface area contributed by atoms with Crippen LogP contribution in [0, 0.1) is 0 Å². The molecule has 4 N–H and O–H groups in total. The van der Waals surface area contributed by atoms with Crippen LogP contribution in [0.3, 0.4) is 0 Å². The molecule has 1 atom stereocenters. The van der Waals surface area contributed by atoms with Crippen molar-refractivity contribution in [3.63, 3.8) is 0 Å². The standard InChI is InChI=1S/C11H19N3O2S/c1-3-8-13-17(15,16)14-11-7-5-4-6-10(11)9(2)12/h4-7,9,13-14H,3,8,12H2,1-2H3. The Labute approximate surface area is 103 Å². The van der Waals surface area contributed by atoms with Gasteiger partial charge in [0.05, 0.1) is 5.69 Å². The molecule has 0 aliphatic heterocycles. The fourth-order valence-electron chi connectivity index (χ4n) is 1.40. The second-order valence-electron chi connectivity index (χ2n) is 3.88. The molecule has 0 fully saturated rings. The number of anilines is 1. The van der Waals surface area contributed by atoms with E-state index in [1.165, 1.54) is 0 Å². The van der Waals surface area contributed by atoms with E-state index >= 15 is 0 Å². The second kappa shape index (κ2) is 6.00. The smallest absolute Gasteiger partial charge is 0.299 e. The van der Waals surface area contributed by atoms with Gasteiger partial charge < -0.3 is 5.73 Å². The topological polar surface area (TPSA) is 84.2 Å². The van der Waals surface area contributed by atoms with E-state index in [1.807, 2.05) is 26.0 Å². The minimum atomic E-state index is -3.51. The molecular weight excluding hydrogens is 238 g/mol. The summed E-state index contributed by atoms with van der Waals surface area (Å²) in [5.74, 6) is 0. The highest BCUT2D eigenvalue weighted by Gasteiger charge is 2.12. The highest BCUT2D eigenvalue weighted by Crippen LogP contribution is 2.21. The maximum Gasteiger partial charge on any atom is 0.299 e. The Balaban J connectivity index is 2.88. The van der Waals surface area contributed by atoms with Gasteiger partial charge in [-0.25, -0.2) is 0 Å². The van der Waals surface area contributed by atoms with Crippen LogP contribution in [-0.4, -0.2) is 15.0 Å². The molecule has 6 heteroatoms. The summed E-state index contributed by atoms with van der Waals surface area (Å²) in [4.78, 5) is 0. The van der Waals surface area contributed by atoms with Gasteiger partial charge in [-0.2, -0.15) is 13.1 Å². The molecule has 0 bridgehead atoms. The Morgan fingerprint density at radius 2 is 2.00 bits per heavy atom. The van der Waals surface area contributed by atoms with Crippen LogP contribution in [0.25, 0.3) is 0 Å². The molecule has 0 aliphatic rings. The van der Waals surface area contributed by atoms with Crippen LogP contribution in [0.5, 0.6) is 0 Å². The van der Waals surface area contributed by atoms with E-state index in [2.05, 4.69) is 9.44 Å². The lowest BCUT2D eigenvalue weighted by molar-refractivity contribution is 0.586. The SMILES string of the molecule is CCCNS(=O)(=O)Nc1ccccc1C(C)N. The lowest BCUT2D eigenvalue weighted by atomic mass is 10.1. The van der Waals surface area contributed by atoms with Crippen molar-refractivity contribution in [3.05, 3.63) is 29.8 Å². The number of nitrogens with one attached hydrogen (secondary N) is 2. The summed E-state index contributed by atoms with van der Waals surface area (Å²) in [5, 5.41) is 0. The summed E-state index contributed by atoms with van der Waals surface area (Å²) >= 11 is 0. The van der Waals surface area contributed by atoms with Gasteiger partial charge in [0.1, 0.15) is 0 Å². The van der Waals surface area contributed by atoms with E-state index < -0.39 is 10.2 Å². The Morgan fingerprint density at radius 1 is 1.35 bits per heavy atom. The zero-order valence-corrected chi connectivity index (χ0v) is 10.9. The normalized spacial score (nSPS) is 13.4. The molecule has 0 spiro atoms. The predicted octanol–water partition coefficient (Wildman–Crippen LogP) is 1.36. The number of benzene rings is 1. The second-order valence-corrected chi connectivity index (χ2v) is 5.38. The lowest BCUT2D eigenvalue weighted by Gasteiger charge is -2.14. The maximum absolute atomic E-state index is 11.7. The minimum Gasteiger partial charge on any atom is -0.324 e. The molecule has 1 aromatic carbocycles. The fourth-order valence-corrected chi connectivity index (χ4v) is 2.42. The highest BCUT2D eigenvalue weighted by molar-refractivity contribution is 7.90. The van der Waals surface area contributed by atoms with E-state index in [4.69, 9.17) is 5.73 Å². The third kappa shape index (κ3) is 4.33. The monoisotopic (exact) mass is 257 g/mol. The summed E-state index contributed by atoms with van der Waals surface area (Å²) < 4.78 is 28.3. The first-order chi connectivity index (χ1) is 7.96. The van der Waals surface area contributed by atoms with Crippen molar-refractivity contribution in [2.75, 3.05) is 11.3 Å². The van der Waals surface area contributed by atoms with E-state index in [0.717, 1.165) is 12.0 Å². The number of hydrogen-bond donors (Lipinski definition) is 3. The molecule has 0 aromatic heterocycles. The average molecular weight is 257 g/mol. The molecule has 0 saturated carbocycles. The first-order valence-corrected chi connectivity index (χ1v) is 7.06. The molecular formula is C11H19N3O2S. The van der Waals surface area contributed by atoms with Gasteiger partial charge >= 0.3 is 0 Å². The van der Waals surface area contributed by atoms with Crippen LogP contribution in [-0.2, 0) is 10.2 Å². The predicted molar refractivity (Wildman–Crippen MR) is 69.9 cm³/mol. The third-order valence-corrected chi connectivity index (χ3v) is 3.31. The van der Waals surface area contributed by atoms with Gasteiger partial charge in [-0.3, -0.25) is 4.72 Å². The Bertz CT molecular complexity index is 458. The van der Waals surface area contributed by atoms with Gasteiger partial charge in [0, 0.05) is 12.6 Å². The molecule has 0 heterocycles. The van der Waals surface area contributed by atoms with E-state index in [-0.39, 0.29) is 6.04 Å². The van der Waals surface area contributed by atoms with Crippen LogP contribution < -0.4 is 15.2 Å².